The van der Waals surface area contributed by atoms with E-state index in [9.17, 15) is 13.2 Å². The van der Waals surface area contributed by atoms with Crippen molar-refractivity contribution in [2.24, 2.45) is 0 Å². The van der Waals surface area contributed by atoms with Crippen LogP contribution >= 0.6 is 0 Å². The fourth-order valence-corrected chi connectivity index (χ4v) is 6.57. The highest BCUT2D eigenvalue weighted by Gasteiger charge is 2.40. The van der Waals surface area contributed by atoms with Gasteiger partial charge in [0.25, 0.3) is 10.0 Å². The summed E-state index contributed by atoms with van der Waals surface area (Å²) in [5.41, 5.74) is 1.29. The molecule has 7 nitrogen and oxygen atoms in total. The number of hydrogen-bond donors (Lipinski definition) is 2. The van der Waals surface area contributed by atoms with Crippen molar-refractivity contribution in [3.05, 3.63) is 66.2 Å². The minimum atomic E-state index is -3.92. The van der Waals surface area contributed by atoms with Crippen molar-refractivity contribution in [3.8, 4) is 5.75 Å². The van der Waals surface area contributed by atoms with Crippen molar-refractivity contribution in [1.29, 1.82) is 0 Å². The number of amides is 1. The van der Waals surface area contributed by atoms with Gasteiger partial charge in [0, 0.05) is 23.4 Å². The molecular weight excluding hydrogens is 438 g/mol. The molecule has 1 saturated heterocycles. The van der Waals surface area contributed by atoms with Crippen molar-refractivity contribution in [2.75, 3.05) is 31.0 Å². The molecule has 1 fully saturated rings. The first kappa shape index (κ1) is 21.7. The van der Waals surface area contributed by atoms with Crippen LogP contribution in [-0.4, -0.2) is 47.1 Å². The van der Waals surface area contributed by atoms with Crippen LogP contribution in [0, 0.1) is 0 Å². The van der Waals surface area contributed by atoms with Gasteiger partial charge in [-0.05, 0) is 43.1 Å². The van der Waals surface area contributed by atoms with Crippen molar-refractivity contribution >= 4 is 32.4 Å². The quantitative estimate of drug-likeness (QED) is 0.605. The summed E-state index contributed by atoms with van der Waals surface area (Å²) in [6.45, 7) is 1.77. The van der Waals surface area contributed by atoms with E-state index in [2.05, 4.69) is 10.6 Å². The van der Waals surface area contributed by atoms with Crippen LogP contribution in [0.2, 0.25) is 0 Å². The maximum Gasteiger partial charge on any atom is 0.264 e. The molecule has 1 amide bonds. The van der Waals surface area contributed by atoms with E-state index >= 15 is 0 Å². The molecule has 0 spiro atoms. The van der Waals surface area contributed by atoms with Gasteiger partial charge in [0.05, 0.1) is 30.2 Å². The monoisotopic (exact) mass is 465 g/mol. The summed E-state index contributed by atoms with van der Waals surface area (Å²) in [5.74, 6) is -0.0689. The normalized spacial score (nSPS) is 20.5. The molecule has 2 atom stereocenters. The number of para-hydroxylation sites is 1. The second-order valence-electron chi connectivity index (χ2n) is 8.51. The number of sulfonamides is 1. The van der Waals surface area contributed by atoms with Gasteiger partial charge in [-0.25, -0.2) is 8.42 Å². The number of nitrogens with one attached hydrogen (secondary N) is 2. The second kappa shape index (κ2) is 8.68. The van der Waals surface area contributed by atoms with Gasteiger partial charge in [0.2, 0.25) is 5.91 Å². The van der Waals surface area contributed by atoms with Gasteiger partial charge < -0.3 is 15.4 Å². The van der Waals surface area contributed by atoms with Crippen LogP contribution in [0.3, 0.4) is 0 Å². The lowest BCUT2D eigenvalue weighted by molar-refractivity contribution is -0.123. The summed E-state index contributed by atoms with van der Waals surface area (Å²) in [7, 11) is -2.35. The van der Waals surface area contributed by atoms with Crippen LogP contribution in [0.1, 0.15) is 24.3 Å². The van der Waals surface area contributed by atoms with Crippen molar-refractivity contribution in [1.82, 2.24) is 10.6 Å². The number of nitrogens with zero attached hydrogens (tertiary/aromatic N) is 1. The number of anilines is 1. The minimum Gasteiger partial charge on any atom is -0.496 e. The van der Waals surface area contributed by atoms with Gasteiger partial charge in [0.15, 0.2) is 0 Å². The Labute approximate surface area is 193 Å². The molecule has 0 bridgehead atoms. The molecule has 2 aliphatic heterocycles. The Morgan fingerprint density at radius 2 is 1.82 bits per heavy atom. The van der Waals surface area contributed by atoms with Gasteiger partial charge in [-0.2, -0.15) is 0 Å². The van der Waals surface area contributed by atoms with Gasteiger partial charge in [-0.15, -0.1) is 0 Å². The second-order valence-corrected chi connectivity index (χ2v) is 10.3. The number of benzene rings is 3. The molecule has 5 rings (SSSR count). The lowest BCUT2D eigenvalue weighted by atomic mass is 9.99. The number of hydrogen-bond acceptors (Lipinski definition) is 5. The van der Waals surface area contributed by atoms with E-state index in [1.165, 1.54) is 4.31 Å². The number of rotatable bonds is 5. The Hall–Kier alpha value is -3.10. The maximum atomic E-state index is 13.9. The highest BCUT2D eigenvalue weighted by atomic mass is 32.2. The Morgan fingerprint density at radius 3 is 2.58 bits per heavy atom. The summed E-state index contributed by atoms with van der Waals surface area (Å²) < 4.78 is 34.6. The third kappa shape index (κ3) is 3.83. The first-order valence-electron chi connectivity index (χ1n) is 11.2. The van der Waals surface area contributed by atoms with Crippen LogP contribution in [0.15, 0.2) is 65.6 Å². The van der Waals surface area contributed by atoms with Gasteiger partial charge in [0.1, 0.15) is 5.75 Å². The average molecular weight is 466 g/mol. The molecule has 8 heteroatoms. The standard InChI is InChI=1S/C25H27N3O4S/c1-32-23-12-13-24(20-10-3-2-9-19(20)23)33(30,31)28-16-21(18-8-4-5-11-22(18)28)25(29)27-17-7-6-14-26-15-17/h2-5,8-13,17,21,26H,6-7,14-16H2,1H3,(H,27,29). The highest BCUT2D eigenvalue weighted by Crippen LogP contribution is 2.41. The van der Waals surface area contributed by atoms with E-state index in [1.54, 1.807) is 37.4 Å². The lowest BCUT2D eigenvalue weighted by Crippen LogP contribution is -2.47. The first-order chi connectivity index (χ1) is 16.0. The summed E-state index contributed by atoms with van der Waals surface area (Å²) in [6.07, 6.45) is 1.93. The molecule has 2 unspecified atom stereocenters. The lowest BCUT2D eigenvalue weighted by Gasteiger charge is -2.25. The minimum absolute atomic E-state index is 0.0644. The zero-order valence-corrected chi connectivity index (χ0v) is 19.3. The number of piperidine rings is 1. The molecule has 0 saturated carbocycles. The predicted molar refractivity (Wildman–Crippen MR) is 128 cm³/mol. The fraction of sp³-hybridized carbons (Fsp3) is 0.320. The smallest absolute Gasteiger partial charge is 0.264 e. The zero-order chi connectivity index (χ0) is 23.0. The molecule has 2 N–H and O–H groups in total. The molecule has 3 aromatic rings. The summed E-state index contributed by atoms with van der Waals surface area (Å²) in [6, 6.07) is 17.9. The summed E-state index contributed by atoms with van der Waals surface area (Å²) >= 11 is 0. The number of ether oxygens (including phenoxy) is 1. The molecule has 0 aliphatic carbocycles. The average Bonchev–Trinajstić information content (AvgIpc) is 3.25. The predicted octanol–water partition coefficient (Wildman–Crippen LogP) is 3.01. The topological polar surface area (TPSA) is 87.7 Å². The first-order valence-corrected chi connectivity index (χ1v) is 12.6. The third-order valence-corrected chi connectivity index (χ3v) is 8.36. The fourth-order valence-electron chi connectivity index (χ4n) is 4.87. The maximum absolute atomic E-state index is 13.9. The molecule has 0 radical (unpaired) electrons. The molecule has 2 heterocycles. The number of fused-ring (bicyclic) bond motifs is 2. The van der Waals surface area contributed by atoms with Crippen LogP contribution < -0.4 is 19.7 Å². The van der Waals surface area contributed by atoms with Crippen LogP contribution in [0.4, 0.5) is 5.69 Å². The molecule has 172 valence electrons. The van der Waals surface area contributed by atoms with E-state index in [0.29, 0.717) is 16.8 Å². The number of carbonyl (C=O) groups is 1. The van der Waals surface area contributed by atoms with Crippen molar-refractivity contribution in [2.45, 2.75) is 29.7 Å². The molecular formula is C25H27N3O4S. The molecule has 3 aromatic carbocycles. The SMILES string of the molecule is COc1ccc(S(=O)(=O)N2CC(C(=O)NC3CCCNC3)c3ccccc32)c2ccccc12. The van der Waals surface area contributed by atoms with Crippen LogP contribution in [-0.2, 0) is 14.8 Å². The Balaban J connectivity index is 1.52. The number of carbonyl (C=O) groups excluding carboxylic acids is 1. The Bertz CT molecular complexity index is 1300. The Morgan fingerprint density at radius 1 is 1.06 bits per heavy atom. The highest BCUT2D eigenvalue weighted by molar-refractivity contribution is 7.93. The van der Waals surface area contributed by atoms with E-state index in [4.69, 9.17) is 4.74 Å². The molecule has 2 aliphatic rings. The van der Waals surface area contributed by atoms with Gasteiger partial charge >= 0.3 is 0 Å². The molecule has 33 heavy (non-hydrogen) atoms. The third-order valence-electron chi connectivity index (χ3n) is 6.52. The van der Waals surface area contributed by atoms with Crippen LogP contribution in [0.5, 0.6) is 5.75 Å². The molecule has 0 aromatic heterocycles. The van der Waals surface area contributed by atoms with E-state index < -0.39 is 15.9 Å². The van der Waals surface area contributed by atoms with Gasteiger partial charge in [-0.3, -0.25) is 9.10 Å². The van der Waals surface area contributed by atoms with Crippen molar-refractivity contribution in [3.63, 3.8) is 0 Å². The van der Waals surface area contributed by atoms with E-state index in [1.807, 2.05) is 30.3 Å². The zero-order valence-electron chi connectivity index (χ0n) is 18.5. The summed E-state index contributed by atoms with van der Waals surface area (Å²) in [5, 5.41) is 7.74. The largest absolute Gasteiger partial charge is 0.496 e. The van der Waals surface area contributed by atoms with E-state index in [0.717, 1.165) is 36.9 Å². The van der Waals surface area contributed by atoms with Crippen LogP contribution in [0.25, 0.3) is 10.8 Å². The number of methoxy groups -OCH3 is 1. The Kier molecular flexibility index (Phi) is 5.72. The summed E-state index contributed by atoms with van der Waals surface area (Å²) in [4.78, 5) is 13.4. The van der Waals surface area contributed by atoms with E-state index in [-0.39, 0.29) is 23.4 Å². The van der Waals surface area contributed by atoms with Crippen molar-refractivity contribution < 1.29 is 17.9 Å². The van der Waals surface area contributed by atoms with Gasteiger partial charge in [-0.1, -0.05) is 42.5 Å².